The van der Waals surface area contributed by atoms with Crippen molar-refractivity contribution in [3.05, 3.63) is 54.6 Å². The average Bonchev–Trinajstić information content (AvgIpc) is 3.14. The molecule has 0 aliphatic heterocycles. The van der Waals surface area contributed by atoms with Crippen molar-refractivity contribution in [2.75, 3.05) is 11.9 Å². The normalized spacial score (nSPS) is 14.9. The quantitative estimate of drug-likeness (QED) is 0.780. The molecule has 0 radical (unpaired) electrons. The number of anilines is 1. The van der Waals surface area contributed by atoms with Gasteiger partial charge in [0.05, 0.1) is 17.5 Å². The van der Waals surface area contributed by atoms with Gasteiger partial charge in [0.2, 0.25) is 15.9 Å². The molecule has 0 bridgehead atoms. The van der Waals surface area contributed by atoms with Crippen LogP contribution in [0.4, 0.5) is 5.69 Å². The van der Waals surface area contributed by atoms with Crippen molar-refractivity contribution in [3.63, 3.8) is 0 Å². The average molecular weight is 374 g/mol. The number of rotatable bonds is 7. The van der Waals surface area contributed by atoms with Crippen LogP contribution in [0.5, 0.6) is 5.75 Å². The molecular formula is C19H22N2O4S. The predicted molar refractivity (Wildman–Crippen MR) is 99.6 cm³/mol. The molecule has 7 heteroatoms. The summed E-state index contributed by atoms with van der Waals surface area (Å²) in [5.41, 5.74) is 0.616. The number of nitrogens with one attached hydrogen (secondary N) is 2. The van der Waals surface area contributed by atoms with Crippen LogP contribution in [-0.2, 0) is 14.8 Å². The summed E-state index contributed by atoms with van der Waals surface area (Å²) < 4.78 is 32.8. The Morgan fingerprint density at radius 2 is 1.65 bits per heavy atom. The van der Waals surface area contributed by atoms with E-state index in [2.05, 4.69) is 10.0 Å². The van der Waals surface area contributed by atoms with E-state index in [-0.39, 0.29) is 17.5 Å². The maximum absolute atomic E-state index is 12.3. The van der Waals surface area contributed by atoms with E-state index in [1.807, 2.05) is 6.07 Å². The number of hydrogen-bond donors (Lipinski definition) is 2. The molecular weight excluding hydrogens is 352 g/mol. The number of para-hydroxylation sites is 1. The van der Waals surface area contributed by atoms with Gasteiger partial charge in [0.25, 0.3) is 0 Å². The highest BCUT2D eigenvalue weighted by atomic mass is 32.2. The highest BCUT2D eigenvalue weighted by Gasteiger charge is 2.18. The van der Waals surface area contributed by atoms with Crippen LogP contribution in [-0.4, -0.2) is 27.0 Å². The van der Waals surface area contributed by atoms with Crippen molar-refractivity contribution in [1.82, 2.24) is 4.72 Å². The zero-order valence-electron chi connectivity index (χ0n) is 14.4. The van der Waals surface area contributed by atoms with Crippen molar-refractivity contribution in [1.29, 1.82) is 0 Å². The Morgan fingerprint density at radius 3 is 2.31 bits per heavy atom. The third kappa shape index (κ3) is 5.06. The molecule has 1 aliphatic rings. The molecule has 2 N–H and O–H groups in total. The summed E-state index contributed by atoms with van der Waals surface area (Å²) in [6.45, 7) is -0.336. The Morgan fingerprint density at radius 1 is 1.00 bits per heavy atom. The van der Waals surface area contributed by atoms with Crippen LogP contribution in [0.3, 0.4) is 0 Å². The summed E-state index contributed by atoms with van der Waals surface area (Å²) in [5, 5.41) is 2.63. The van der Waals surface area contributed by atoms with E-state index in [9.17, 15) is 13.2 Å². The molecule has 0 aromatic heterocycles. The maximum atomic E-state index is 12.3. The van der Waals surface area contributed by atoms with E-state index in [4.69, 9.17) is 4.74 Å². The molecule has 0 heterocycles. The van der Waals surface area contributed by atoms with Crippen molar-refractivity contribution in [2.45, 2.75) is 36.7 Å². The van der Waals surface area contributed by atoms with Crippen LogP contribution < -0.4 is 14.8 Å². The van der Waals surface area contributed by atoms with Crippen molar-refractivity contribution in [3.8, 4) is 5.75 Å². The Kier molecular flexibility index (Phi) is 5.90. The van der Waals surface area contributed by atoms with Crippen LogP contribution in [0.1, 0.15) is 25.7 Å². The van der Waals surface area contributed by atoms with Crippen molar-refractivity contribution in [2.24, 2.45) is 0 Å². The predicted octanol–water partition coefficient (Wildman–Crippen LogP) is 2.93. The van der Waals surface area contributed by atoms with Gasteiger partial charge in [0, 0.05) is 5.69 Å². The van der Waals surface area contributed by atoms with Crippen LogP contribution in [0.15, 0.2) is 59.5 Å². The minimum atomic E-state index is -3.76. The first-order valence-electron chi connectivity index (χ1n) is 8.64. The number of ether oxygens (including phenoxy) is 1. The lowest BCUT2D eigenvalue weighted by Crippen LogP contribution is -2.32. The third-order valence-electron chi connectivity index (χ3n) is 4.22. The second-order valence-electron chi connectivity index (χ2n) is 6.23. The monoisotopic (exact) mass is 374 g/mol. The number of sulfonamides is 1. The zero-order chi connectivity index (χ0) is 18.4. The first kappa shape index (κ1) is 18.4. The first-order chi connectivity index (χ1) is 12.5. The molecule has 0 unspecified atom stereocenters. The van der Waals surface area contributed by atoms with E-state index in [1.165, 1.54) is 25.0 Å². The molecule has 2 aromatic rings. The number of benzene rings is 2. The van der Waals surface area contributed by atoms with Gasteiger partial charge >= 0.3 is 0 Å². The minimum absolute atomic E-state index is 0.101. The fraction of sp³-hybridized carbons (Fsp3) is 0.316. The van der Waals surface area contributed by atoms with Gasteiger partial charge in [-0.25, -0.2) is 13.1 Å². The van der Waals surface area contributed by atoms with E-state index in [0.717, 1.165) is 12.8 Å². The van der Waals surface area contributed by atoms with Gasteiger partial charge in [-0.05, 0) is 62.1 Å². The van der Waals surface area contributed by atoms with Crippen LogP contribution in [0.2, 0.25) is 0 Å². The highest BCUT2D eigenvalue weighted by Crippen LogP contribution is 2.24. The third-order valence-corrected chi connectivity index (χ3v) is 5.64. The van der Waals surface area contributed by atoms with E-state index in [0.29, 0.717) is 11.4 Å². The lowest BCUT2D eigenvalue weighted by molar-refractivity contribution is -0.115. The van der Waals surface area contributed by atoms with E-state index >= 15 is 0 Å². The second-order valence-corrected chi connectivity index (χ2v) is 8.00. The molecule has 1 saturated carbocycles. The fourth-order valence-electron chi connectivity index (χ4n) is 2.87. The molecule has 0 spiro atoms. The summed E-state index contributed by atoms with van der Waals surface area (Å²) in [6.07, 6.45) is 4.64. The maximum Gasteiger partial charge on any atom is 0.241 e. The summed E-state index contributed by atoms with van der Waals surface area (Å²) in [4.78, 5) is 12.0. The number of carbonyl (C=O) groups excluding carboxylic acids is 1. The largest absolute Gasteiger partial charge is 0.490 e. The molecule has 26 heavy (non-hydrogen) atoms. The van der Waals surface area contributed by atoms with Crippen molar-refractivity contribution >= 4 is 21.6 Å². The number of amides is 1. The molecule has 138 valence electrons. The van der Waals surface area contributed by atoms with E-state index in [1.54, 1.807) is 36.4 Å². The van der Waals surface area contributed by atoms with Gasteiger partial charge in [0.15, 0.2) is 0 Å². The SMILES string of the molecule is O=C(CNS(=O)(=O)c1ccc(OC2CCCC2)cc1)Nc1ccccc1. The first-order valence-corrected chi connectivity index (χ1v) is 10.1. The zero-order valence-corrected chi connectivity index (χ0v) is 15.2. The smallest absolute Gasteiger partial charge is 0.241 e. The second kappa shape index (κ2) is 8.33. The lowest BCUT2D eigenvalue weighted by atomic mass is 10.3. The summed E-state index contributed by atoms with van der Waals surface area (Å²) >= 11 is 0. The van der Waals surface area contributed by atoms with Gasteiger partial charge < -0.3 is 10.1 Å². The Hall–Kier alpha value is -2.38. The molecule has 0 atom stereocenters. The molecule has 1 amide bonds. The van der Waals surface area contributed by atoms with Gasteiger partial charge in [-0.15, -0.1) is 0 Å². The minimum Gasteiger partial charge on any atom is -0.490 e. The van der Waals surface area contributed by atoms with E-state index < -0.39 is 15.9 Å². The standard InChI is InChI=1S/C19H22N2O4S/c22-19(21-15-6-2-1-3-7-15)14-20-26(23,24)18-12-10-17(11-13-18)25-16-8-4-5-9-16/h1-3,6-7,10-13,16,20H,4-5,8-9,14H2,(H,21,22). The van der Waals surface area contributed by atoms with Gasteiger partial charge in [-0.2, -0.15) is 0 Å². The van der Waals surface area contributed by atoms with Crippen LogP contribution in [0.25, 0.3) is 0 Å². The summed E-state index contributed by atoms with van der Waals surface area (Å²) in [6, 6.07) is 15.1. The summed E-state index contributed by atoms with van der Waals surface area (Å²) in [7, 11) is -3.76. The molecule has 2 aromatic carbocycles. The van der Waals surface area contributed by atoms with Crippen LogP contribution >= 0.6 is 0 Å². The summed E-state index contributed by atoms with van der Waals surface area (Å²) in [5.74, 6) is 0.235. The van der Waals surface area contributed by atoms with Crippen LogP contribution in [0, 0.1) is 0 Å². The highest BCUT2D eigenvalue weighted by molar-refractivity contribution is 7.89. The molecule has 1 aliphatic carbocycles. The molecule has 3 rings (SSSR count). The molecule has 0 saturated heterocycles. The lowest BCUT2D eigenvalue weighted by Gasteiger charge is -2.13. The van der Waals surface area contributed by atoms with Gasteiger partial charge in [-0.3, -0.25) is 4.79 Å². The van der Waals surface area contributed by atoms with Crippen molar-refractivity contribution < 1.29 is 17.9 Å². The van der Waals surface area contributed by atoms with Gasteiger partial charge in [-0.1, -0.05) is 18.2 Å². The molecule has 6 nitrogen and oxygen atoms in total. The topological polar surface area (TPSA) is 84.5 Å². The Balaban J connectivity index is 1.54. The number of carbonyl (C=O) groups is 1. The Labute approximate surface area is 153 Å². The Bertz CT molecular complexity index is 830. The fourth-order valence-corrected chi connectivity index (χ4v) is 3.85. The van der Waals surface area contributed by atoms with Gasteiger partial charge in [0.1, 0.15) is 5.75 Å². The number of hydrogen-bond acceptors (Lipinski definition) is 4. The molecule has 1 fully saturated rings.